The van der Waals surface area contributed by atoms with Gasteiger partial charge in [0, 0.05) is 17.9 Å². The van der Waals surface area contributed by atoms with E-state index in [9.17, 15) is 4.79 Å². The molecule has 5 atom stereocenters. The van der Waals surface area contributed by atoms with Crippen LogP contribution in [0.4, 0.5) is 0 Å². The molecule has 170 valence electrons. The maximum absolute atomic E-state index is 13.1. The average Bonchev–Trinajstić information content (AvgIpc) is 3.34. The maximum atomic E-state index is 13.1. The summed E-state index contributed by atoms with van der Waals surface area (Å²) >= 11 is 12.2. The van der Waals surface area contributed by atoms with Crippen molar-refractivity contribution in [2.45, 2.75) is 88.2 Å². The highest BCUT2D eigenvalue weighted by atomic mass is 35.5. The van der Waals surface area contributed by atoms with Crippen molar-refractivity contribution in [3.63, 3.8) is 0 Å². The lowest BCUT2D eigenvalue weighted by atomic mass is 9.94. The normalized spacial score (nSPS) is 35.9. The molecule has 1 saturated carbocycles. The van der Waals surface area contributed by atoms with Crippen LogP contribution in [-0.2, 0) is 23.7 Å². The van der Waals surface area contributed by atoms with E-state index >= 15 is 0 Å². The van der Waals surface area contributed by atoms with Crippen LogP contribution in [0.25, 0.3) is 0 Å². The van der Waals surface area contributed by atoms with E-state index in [0.29, 0.717) is 17.2 Å². The maximum Gasteiger partial charge on any atom is 0.253 e. The molecule has 1 aromatic carbocycles. The van der Waals surface area contributed by atoms with Gasteiger partial charge in [0.25, 0.3) is 5.91 Å². The van der Waals surface area contributed by atoms with Crippen molar-refractivity contribution in [2.24, 2.45) is 0 Å². The minimum absolute atomic E-state index is 0.280. The van der Waals surface area contributed by atoms with Gasteiger partial charge in [-0.15, -0.1) is 0 Å². The smallest absolute Gasteiger partial charge is 0.253 e. The molecular formula is C22H27Cl2NO6. The first-order valence-electron chi connectivity index (χ1n) is 10.8. The van der Waals surface area contributed by atoms with Crippen molar-refractivity contribution < 1.29 is 28.5 Å². The topological polar surface area (TPSA) is 75.3 Å². The summed E-state index contributed by atoms with van der Waals surface area (Å²) in [5.41, 5.74) is 0.332. The van der Waals surface area contributed by atoms with Crippen LogP contribution < -0.4 is 5.32 Å². The predicted octanol–water partition coefficient (Wildman–Crippen LogP) is 4.04. The number of hydrogen-bond acceptors (Lipinski definition) is 6. The number of benzene rings is 1. The van der Waals surface area contributed by atoms with E-state index in [1.54, 1.807) is 18.2 Å². The van der Waals surface area contributed by atoms with Crippen LogP contribution in [-0.4, -0.2) is 54.7 Å². The Morgan fingerprint density at radius 1 is 1.06 bits per heavy atom. The Balaban J connectivity index is 1.37. The van der Waals surface area contributed by atoms with E-state index < -0.39 is 36.1 Å². The fourth-order valence-corrected chi connectivity index (χ4v) is 5.50. The van der Waals surface area contributed by atoms with Gasteiger partial charge in [-0.05, 0) is 44.9 Å². The van der Waals surface area contributed by atoms with Gasteiger partial charge in [0.2, 0.25) is 0 Å². The molecule has 0 bridgehead atoms. The Morgan fingerprint density at radius 2 is 1.84 bits per heavy atom. The highest BCUT2D eigenvalue weighted by molar-refractivity contribution is 6.36. The number of carbonyl (C=O) groups excluding carboxylic acids is 1. The second-order valence-corrected chi connectivity index (χ2v) is 9.97. The largest absolute Gasteiger partial charge is 0.347 e. The summed E-state index contributed by atoms with van der Waals surface area (Å²) in [7, 11) is 0. The van der Waals surface area contributed by atoms with Gasteiger partial charge in [0.1, 0.15) is 18.3 Å². The predicted molar refractivity (Wildman–Crippen MR) is 113 cm³/mol. The molecule has 1 N–H and O–H groups in total. The quantitative estimate of drug-likeness (QED) is 0.716. The molecule has 31 heavy (non-hydrogen) atoms. The first-order chi connectivity index (χ1) is 14.8. The summed E-state index contributed by atoms with van der Waals surface area (Å²) in [5.74, 6) is -1.68. The molecule has 3 heterocycles. The van der Waals surface area contributed by atoms with Crippen LogP contribution in [0.3, 0.4) is 0 Å². The highest BCUT2D eigenvalue weighted by Gasteiger charge is 2.59. The van der Waals surface area contributed by atoms with Crippen LogP contribution in [0.5, 0.6) is 0 Å². The van der Waals surface area contributed by atoms with Crippen molar-refractivity contribution in [2.75, 3.05) is 6.61 Å². The van der Waals surface area contributed by atoms with E-state index in [1.165, 1.54) is 6.42 Å². The molecule has 0 radical (unpaired) electrons. The van der Waals surface area contributed by atoms with Crippen LogP contribution in [0.15, 0.2) is 18.2 Å². The molecule has 1 aliphatic carbocycles. The lowest BCUT2D eigenvalue weighted by Gasteiger charge is -2.33. The summed E-state index contributed by atoms with van der Waals surface area (Å²) in [5, 5.41) is 3.80. The Bertz CT molecular complexity index is 858. The molecule has 4 aliphatic rings. The molecule has 7 nitrogen and oxygen atoms in total. The van der Waals surface area contributed by atoms with Gasteiger partial charge in [-0.25, -0.2) is 0 Å². The minimum Gasteiger partial charge on any atom is -0.347 e. The average molecular weight is 472 g/mol. The molecule has 1 aromatic rings. The zero-order valence-corrected chi connectivity index (χ0v) is 19.1. The molecule has 0 aromatic heterocycles. The lowest BCUT2D eigenvalue weighted by molar-refractivity contribution is -0.231. The number of halogens is 2. The Morgan fingerprint density at radius 3 is 2.58 bits per heavy atom. The van der Waals surface area contributed by atoms with Gasteiger partial charge < -0.3 is 29.0 Å². The summed E-state index contributed by atoms with van der Waals surface area (Å²) in [6.07, 6.45) is 3.24. The minimum atomic E-state index is -0.807. The van der Waals surface area contributed by atoms with Crippen molar-refractivity contribution in [1.82, 2.24) is 5.32 Å². The number of carbonyl (C=O) groups is 1. The van der Waals surface area contributed by atoms with Gasteiger partial charge >= 0.3 is 0 Å². The summed E-state index contributed by atoms with van der Waals surface area (Å²) in [6.45, 7) is 4.05. The van der Waals surface area contributed by atoms with Gasteiger partial charge in [0.05, 0.1) is 23.2 Å². The fraction of sp³-hybridized carbons (Fsp3) is 0.682. The van der Waals surface area contributed by atoms with Crippen LogP contribution in [0.1, 0.15) is 56.3 Å². The van der Waals surface area contributed by atoms with E-state index in [4.69, 9.17) is 46.9 Å². The van der Waals surface area contributed by atoms with E-state index in [2.05, 4.69) is 5.32 Å². The Kier molecular flexibility index (Phi) is 5.74. The number of ether oxygens (including phenoxy) is 5. The second-order valence-electron chi connectivity index (χ2n) is 9.13. The van der Waals surface area contributed by atoms with Crippen molar-refractivity contribution in [3.8, 4) is 0 Å². The molecule has 1 amide bonds. The Hall–Kier alpha value is -0.930. The summed E-state index contributed by atoms with van der Waals surface area (Å²) in [6, 6.07) is 4.29. The monoisotopic (exact) mass is 471 g/mol. The van der Waals surface area contributed by atoms with Crippen molar-refractivity contribution >= 4 is 29.1 Å². The summed E-state index contributed by atoms with van der Waals surface area (Å²) < 4.78 is 30.7. The molecular weight excluding hydrogens is 445 g/mol. The SMILES string of the molecule is CC1(C)O[C@H]2O[C@H]([C@H]3COC4(CCCCC4)O3)[C@H](NC(=O)c3ccc(Cl)cc3Cl)[C@H]2O1. The number of fused-ring (bicyclic) bond motifs is 1. The molecule has 4 fully saturated rings. The van der Waals surface area contributed by atoms with Gasteiger partial charge in [0.15, 0.2) is 17.9 Å². The molecule has 1 spiro atoms. The third-order valence-electron chi connectivity index (χ3n) is 6.42. The zero-order chi connectivity index (χ0) is 21.8. The standard InChI is InChI=1S/C22H27Cl2NO6/c1-21(2)30-18-16(25-19(26)13-7-6-12(23)10-14(13)24)17(28-20(18)31-21)15-11-27-22(29-15)8-4-3-5-9-22/h6-7,10,15-18,20H,3-5,8-9,11H2,1-2H3,(H,25,26)/t15-,16+,17-,18-,20-/m1/s1. The van der Waals surface area contributed by atoms with Crippen molar-refractivity contribution in [3.05, 3.63) is 33.8 Å². The first-order valence-corrected chi connectivity index (χ1v) is 11.6. The molecule has 5 rings (SSSR count). The number of nitrogens with one attached hydrogen (secondary N) is 1. The van der Waals surface area contributed by atoms with Gasteiger partial charge in [-0.2, -0.15) is 0 Å². The van der Waals surface area contributed by atoms with Crippen LogP contribution in [0.2, 0.25) is 10.0 Å². The van der Waals surface area contributed by atoms with E-state index in [0.717, 1.165) is 25.7 Å². The van der Waals surface area contributed by atoms with Crippen molar-refractivity contribution in [1.29, 1.82) is 0 Å². The Labute approximate surface area is 191 Å². The zero-order valence-electron chi connectivity index (χ0n) is 17.6. The number of hydrogen-bond donors (Lipinski definition) is 1. The van der Waals surface area contributed by atoms with Crippen LogP contribution >= 0.6 is 23.2 Å². The third-order valence-corrected chi connectivity index (χ3v) is 6.97. The third kappa shape index (κ3) is 4.22. The van der Waals surface area contributed by atoms with E-state index in [1.807, 2.05) is 13.8 Å². The fourth-order valence-electron chi connectivity index (χ4n) is 5.01. The first kappa shape index (κ1) is 21.9. The molecule has 9 heteroatoms. The van der Waals surface area contributed by atoms with Gasteiger partial charge in [-0.1, -0.05) is 29.6 Å². The van der Waals surface area contributed by atoms with E-state index in [-0.39, 0.29) is 17.0 Å². The molecule has 3 aliphatic heterocycles. The number of amides is 1. The molecule has 3 saturated heterocycles. The highest BCUT2D eigenvalue weighted by Crippen LogP contribution is 2.44. The molecule has 0 unspecified atom stereocenters. The van der Waals surface area contributed by atoms with Crippen LogP contribution in [0, 0.1) is 0 Å². The van der Waals surface area contributed by atoms with Gasteiger partial charge in [-0.3, -0.25) is 4.79 Å². The summed E-state index contributed by atoms with van der Waals surface area (Å²) in [4.78, 5) is 13.1. The number of rotatable bonds is 3. The second kappa shape index (κ2) is 8.13. The lowest BCUT2D eigenvalue weighted by Crippen LogP contribution is -2.52.